The first-order valence-corrected chi connectivity index (χ1v) is 3.99. The van der Waals surface area contributed by atoms with Gasteiger partial charge in [0.2, 0.25) is 6.29 Å². The molecule has 1 aromatic carbocycles. The second-order valence-corrected chi connectivity index (χ2v) is 2.66. The lowest BCUT2D eigenvalue weighted by molar-refractivity contribution is -0.0903. The highest BCUT2D eigenvalue weighted by Gasteiger charge is 2.11. The first kappa shape index (κ1) is 10.5. The molecular formula is C9H11NO4. The number of rotatable bonds is 3. The Balaban J connectivity index is 2.65. The standard InChI is InChI=1S/C9H11NO4/c10-7-3-1-6(2-4-7)9(13)14-8(12)5-11/h1-4,8,11-12H,5,10H2. The van der Waals surface area contributed by atoms with Crippen LogP contribution in [0.4, 0.5) is 5.69 Å². The molecule has 76 valence electrons. The van der Waals surface area contributed by atoms with Crippen LogP contribution in [-0.2, 0) is 4.74 Å². The maximum atomic E-state index is 11.2. The molecule has 0 aliphatic heterocycles. The van der Waals surface area contributed by atoms with E-state index in [1.165, 1.54) is 12.1 Å². The Hall–Kier alpha value is -1.59. The third kappa shape index (κ3) is 2.72. The number of benzene rings is 1. The zero-order valence-electron chi connectivity index (χ0n) is 7.38. The molecule has 5 nitrogen and oxygen atoms in total. The van der Waals surface area contributed by atoms with Gasteiger partial charge in [-0.25, -0.2) is 4.79 Å². The number of anilines is 1. The Morgan fingerprint density at radius 2 is 2.00 bits per heavy atom. The van der Waals surface area contributed by atoms with E-state index in [0.717, 1.165) is 0 Å². The largest absolute Gasteiger partial charge is 0.430 e. The van der Waals surface area contributed by atoms with Gasteiger partial charge < -0.3 is 20.7 Å². The zero-order valence-corrected chi connectivity index (χ0v) is 7.38. The Morgan fingerprint density at radius 3 is 2.50 bits per heavy atom. The third-order valence-corrected chi connectivity index (χ3v) is 1.55. The van der Waals surface area contributed by atoms with Gasteiger partial charge in [-0.15, -0.1) is 0 Å². The molecule has 0 aliphatic rings. The van der Waals surface area contributed by atoms with Crippen molar-refractivity contribution in [3.05, 3.63) is 29.8 Å². The number of aliphatic hydroxyl groups is 2. The number of hydrogen-bond acceptors (Lipinski definition) is 5. The molecule has 0 amide bonds. The van der Waals surface area contributed by atoms with Crippen LogP contribution in [0.1, 0.15) is 10.4 Å². The van der Waals surface area contributed by atoms with Crippen molar-refractivity contribution < 1.29 is 19.7 Å². The monoisotopic (exact) mass is 197 g/mol. The minimum atomic E-state index is -1.49. The van der Waals surface area contributed by atoms with Crippen LogP contribution in [0, 0.1) is 0 Å². The van der Waals surface area contributed by atoms with E-state index < -0.39 is 18.9 Å². The lowest BCUT2D eigenvalue weighted by atomic mass is 10.2. The van der Waals surface area contributed by atoms with Crippen LogP contribution < -0.4 is 5.73 Å². The summed E-state index contributed by atoms with van der Waals surface area (Å²) in [7, 11) is 0. The molecule has 14 heavy (non-hydrogen) atoms. The Labute approximate surface area is 80.7 Å². The molecule has 0 aliphatic carbocycles. The number of carbonyl (C=O) groups excluding carboxylic acids is 1. The molecule has 0 heterocycles. The highest BCUT2D eigenvalue weighted by molar-refractivity contribution is 5.89. The van der Waals surface area contributed by atoms with E-state index in [1.54, 1.807) is 12.1 Å². The number of ether oxygens (including phenoxy) is 1. The summed E-state index contributed by atoms with van der Waals surface area (Å²) in [5.74, 6) is -0.702. The van der Waals surface area contributed by atoms with Crippen LogP contribution in [0.25, 0.3) is 0 Å². The van der Waals surface area contributed by atoms with E-state index >= 15 is 0 Å². The normalized spacial score (nSPS) is 12.1. The zero-order chi connectivity index (χ0) is 10.6. The van der Waals surface area contributed by atoms with Crippen molar-refractivity contribution in [3.8, 4) is 0 Å². The number of esters is 1. The van der Waals surface area contributed by atoms with E-state index in [1.807, 2.05) is 0 Å². The van der Waals surface area contributed by atoms with E-state index in [9.17, 15) is 4.79 Å². The molecule has 1 unspecified atom stereocenters. The Bertz CT molecular complexity index is 309. The first-order valence-electron chi connectivity index (χ1n) is 3.99. The van der Waals surface area contributed by atoms with Crippen molar-refractivity contribution in [3.63, 3.8) is 0 Å². The number of carbonyl (C=O) groups is 1. The average molecular weight is 197 g/mol. The number of hydrogen-bond donors (Lipinski definition) is 3. The number of aliphatic hydroxyl groups excluding tert-OH is 2. The Kier molecular flexibility index (Phi) is 3.44. The topological polar surface area (TPSA) is 92.8 Å². The number of nitrogen functional groups attached to an aromatic ring is 1. The van der Waals surface area contributed by atoms with Gasteiger partial charge in [-0.3, -0.25) is 0 Å². The fourth-order valence-corrected chi connectivity index (χ4v) is 0.848. The molecular weight excluding hydrogens is 186 g/mol. The lowest BCUT2D eigenvalue weighted by Crippen LogP contribution is -2.21. The predicted molar refractivity (Wildman–Crippen MR) is 49.4 cm³/mol. The Morgan fingerprint density at radius 1 is 1.43 bits per heavy atom. The van der Waals surface area contributed by atoms with E-state index in [0.29, 0.717) is 5.69 Å². The molecule has 0 aromatic heterocycles. The molecule has 0 radical (unpaired) electrons. The second kappa shape index (κ2) is 4.59. The molecule has 0 saturated heterocycles. The number of nitrogens with two attached hydrogens (primary N) is 1. The summed E-state index contributed by atoms with van der Waals surface area (Å²) in [6.45, 7) is -0.624. The van der Waals surface area contributed by atoms with E-state index in [2.05, 4.69) is 4.74 Å². The molecule has 0 fully saturated rings. The summed E-state index contributed by atoms with van der Waals surface area (Å²) in [4.78, 5) is 11.2. The van der Waals surface area contributed by atoms with Gasteiger partial charge in [0.1, 0.15) is 6.61 Å². The summed E-state index contributed by atoms with van der Waals surface area (Å²) >= 11 is 0. The van der Waals surface area contributed by atoms with E-state index in [4.69, 9.17) is 15.9 Å². The summed E-state index contributed by atoms with van der Waals surface area (Å²) in [5.41, 5.74) is 6.21. The third-order valence-electron chi connectivity index (χ3n) is 1.55. The van der Waals surface area contributed by atoms with Crippen LogP contribution in [0.5, 0.6) is 0 Å². The van der Waals surface area contributed by atoms with Crippen molar-refractivity contribution in [1.82, 2.24) is 0 Å². The van der Waals surface area contributed by atoms with E-state index in [-0.39, 0.29) is 5.56 Å². The summed E-state index contributed by atoms with van der Waals surface area (Å²) < 4.78 is 4.45. The smallest absolute Gasteiger partial charge is 0.340 e. The van der Waals surface area contributed by atoms with Gasteiger partial charge in [-0.2, -0.15) is 0 Å². The van der Waals surface area contributed by atoms with Crippen molar-refractivity contribution in [2.75, 3.05) is 12.3 Å². The SMILES string of the molecule is Nc1ccc(C(=O)OC(O)CO)cc1. The van der Waals surface area contributed by atoms with Crippen LogP contribution in [-0.4, -0.2) is 29.1 Å². The van der Waals surface area contributed by atoms with Gasteiger partial charge in [0.05, 0.1) is 5.56 Å². The molecule has 0 spiro atoms. The van der Waals surface area contributed by atoms with Gasteiger partial charge in [-0.1, -0.05) is 0 Å². The van der Waals surface area contributed by atoms with Gasteiger partial charge in [0.15, 0.2) is 0 Å². The van der Waals surface area contributed by atoms with Gasteiger partial charge in [0, 0.05) is 5.69 Å². The van der Waals surface area contributed by atoms with Crippen LogP contribution in [0.2, 0.25) is 0 Å². The highest BCUT2D eigenvalue weighted by Crippen LogP contribution is 2.07. The van der Waals surface area contributed by atoms with Crippen LogP contribution in [0.3, 0.4) is 0 Å². The lowest BCUT2D eigenvalue weighted by Gasteiger charge is -2.08. The fraction of sp³-hybridized carbons (Fsp3) is 0.222. The quantitative estimate of drug-likeness (QED) is 0.352. The molecule has 1 rings (SSSR count). The fourth-order valence-electron chi connectivity index (χ4n) is 0.848. The summed E-state index contributed by atoms with van der Waals surface area (Å²) in [6.07, 6.45) is -1.49. The average Bonchev–Trinajstić information content (AvgIpc) is 2.18. The van der Waals surface area contributed by atoms with Crippen LogP contribution in [0.15, 0.2) is 24.3 Å². The maximum absolute atomic E-state index is 11.2. The van der Waals surface area contributed by atoms with Gasteiger partial charge in [0.25, 0.3) is 0 Å². The van der Waals surface area contributed by atoms with Crippen molar-refractivity contribution in [1.29, 1.82) is 0 Å². The maximum Gasteiger partial charge on any atom is 0.340 e. The minimum absolute atomic E-state index is 0.270. The second-order valence-electron chi connectivity index (χ2n) is 2.66. The molecule has 5 heteroatoms. The van der Waals surface area contributed by atoms with Crippen molar-refractivity contribution >= 4 is 11.7 Å². The van der Waals surface area contributed by atoms with Crippen LogP contribution >= 0.6 is 0 Å². The molecule has 4 N–H and O–H groups in total. The summed E-state index contributed by atoms with van der Waals surface area (Å²) in [5, 5.41) is 17.3. The molecule has 0 saturated carbocycles. The molecule has 0 bridgehead atoms. The molecule has 1 atom stereocenters. The van der Waals surface area contributed by atoms with Crippen molar-refractivity contribution in [2.24, 2.45) is 0 Å². The predicted octanol–water partition coefficient (Wildman–Crippen LogP) is -0.264. The van der Waals surface area contributed by atoms with Gasteiger partial charge >= 0.3 is 5.97 Å². The van der Waals surface area contributed by atoms with Crippen molar-refractivity contribution in [2.45, 2.75) is 6.29 Å². The molecule has 1 aromatic rings. The first-order chi connectivity index (χ1) is 6.63. The minimum Gasteiger partial charge on any atom is -0.430 e. The highest BCUT2D eigenvalue weighted by atomic mass is 16.6. The summed E-state index contributed by atoms with van der Waals surface area (Å²) in [6, 6.07) is 6.04. The van der Waals surface area contributed by atoms with Gasteiger partial charge in [-0.05, 0) is 24.3 Å².